The smallest absolute Gasteiger partial charge is 0.267 e. The first kappa shape index (κ1) is 21.9. The summed E-state index contributed by atoms with van der Waals surface area (Å²) in [6, 6.07) is 9.71. The number of allylic oxidation sites excluding steroid dienone is 3. The number of nitrogens with one attached hydrogen (secondary N) is 3. The van der Waals surface area contributed by atoms with E-state index in [-0.39, 0.29) is 35.0 Å². The Hall–Kier alpha value is -2.93. The Morgan fingerprint density at radius 3 is 2.76 bits per heavy atom. The second-order valence-corrected chi connectivity index (χ2v) is 9.72. The number of hydrogen-bond donors (Lipinski definition) is 3. The summed E-state index contributed by atoms with van der Waals surface area (Å²) in [7, 11) is 0. The lowest BCUT2D eigenvalue weighted by Crippen LogP contribution is -2.50. The molecular formula is C26H31FN4O2. The minimum Gasteiger partial charge on any atom is -0.355 e. The zero-order valence-electron chi connectivity index (χ0n) is 19.0. The number of aromatic amines is 1. The Balaban J connectivity index is 1.18. The molecule has 2 saturated heterocycles. The number of benzene rings is 1. The van der Waals surface area contributed by atoms with Gasteiger partial charge in [-0.2, -0.15) is 0 Å². The minimum atomic E-state index is -0.388. The Bertz CT molecular complexity index is 1090. The Morgan fingerprint density at radius 1 is 1.24 bits per heavy atom. The number of H-pyrrole nitrogens is 1. The predicted molar refractivity (Wildman–Crippen MR) is 126 cm³/mol. The van der Waals surface area contributed by atoms with Crippen LogP contribution in [0.1, 0.15) is 43.1 Å². The van der Waals surface area contributed by atoms with Crippen LogP contribution in [-0.4, -0.2) is 53.9 Å². The van der Waals surface area contributed by atoms with Gasteiger partial charge in [-0.1, -0.05) is 29.8 Å². The fourth-order valence-electron chi connectivity index (χ4n) is 5.77. The maximum absolute atomic E-state index is 13.5. The van der Waals surface area contributed by atoms with Gasteiger partial charge in [-0.3, -0.25) is 9.59 Å². The Morgan fingerprint density at radius 2 is 2.03 bits per heavy atom. The summed E-state index contributed by atoms with van der Waals surface area (Å²) < 4.78 is 13.5. The van der Waals surface area contributed by atoms with Crippen molar-refractivity contribution in [3.63, 3.8) is 0 Å². The highest BCUT2D eigenvalue weighted by atomic mass is 19.1. The molecule has 2 atom stereocenters. The highest BCUT2D eigenvalue weighted by Gasteiger charge is 2.52. The summed E-state index contributed by atoms with van der Waals surface area (Å²) in [4.78, 5) is 31.1. The maximum atomic E-state index is 13.5. The molecule has 2 fully saturated rings. The number of carbonyl (C=O) groups excluding carboxylic acids is 2. The summed E-state index contributed by atoms with van der Waals surface area (Å²) in [6.45, 7) is 5.04. The first-order valence-electron chi connectivity index (χ1n) is 11.9. The second-order valence-electron chi connectivity index (χ2n) is 9.72. The van der Waals surface area contributed by atoms with E-state index in [0.717, 1.165) is 43.4 Å². The number of nitrogens with zero attached hydrogens (tertiary/aromatic N) is 1. The molecule has 3 N–H and O–H groups in total. The molecule has 174 valence electrons. The first-order valence-corrected chi connectivity index (χ1v) is 11.9. The molecular weight excluding hydrogens is 419 g/mol. The fourth-order valence-corrected chi connectivity index (χ4v) is 5.77. The van der Waals surface area contributed by atoms with Crippen LogP contribution in [0.5, 0.6) is 0 Å². The van der Waals surface area contributed by atoms with Gasteiger partial charge in [-0.15, -0.1) is 0 Å². The third-order valence-corrected chi connectivity index (χ3v) is 7.60. The van der Waals surface area contributed by atoms with Gasteiger partial charge in [-0.25, -0.2) is 4.39 Å². The molecule has 0 radical (unpaired) electrons. The van der Waals surface area contributed by atoms with Gasteiger partial charge in [0.25, 0.3) is 5.91 Å². The molecule has 0 bridgehead atoms. The highest BCUT2D eigenvalue weighted by Crippen LogP contribution is 2.47. The molecule has 33 heavy (non-hydrogen) atoms. The first-order chi connectivity index (χ1) is 15.9. The number of carbonyl (C=O) groups is 2. The van der Waals surface area contributed by atoms with Crippen molar-refractivity contribution >= 4 is 22.7 Å². The second kappa shape index (κ2) is 8.78. The standard InChI is InChI=1S/C26H31FN4O2/c1-17(29-24(32)23-14-19-4-2-3-5-22(19)30-23)16-31-12-10-26(11-13-31)21(15-28-25(26)33)18-6-8-20(27)9-7-18/h2-6,8,14,17,21,30H,7,9-13,15-16H2,1H3,(H,28,33)(H,29,32). The van der Waals surface area contributed by atoms with Gasteiger partial charge in [0.05, 0.1) is 5.41 Å². The van der Waals surface area contributed by atoms with Crippen molar-refractivity contribution in [2.45, 2.75) is 38.6 Å². The van der Waals surface area contributed by atoms with Crippen molar-refractivity contribution in [2.75, 3.05) is 26.2 Å². The molecule has 1 aromatic heterocycles. The molecule has 5 rings (SSSR count). The van der Waals surface area contributed by atoms with Crippen LogP contribution in [0, 0.1) is 11.3 Å². The number of aromatic nitrogens is 1. The van der Waals surface area contributed by atoms with Crippen molar-refractivity contribution < 1.29 is 14.0 Å². The quantitative estimate of drug-likeness (QED) is 0.650. The molecule has 3 aliphatic rings. The molecule has 2 unspecified atom stereocenters. The van der Waals surface area contributed by atoms with Gasteiger partial charge in [0, 0.05) is 42.4 Å². The van der Waals surface area contributed by atoms with E-state index in [4.69, 9.17) is 0 Å². The number of likely N-dealkylation sites (tertiary alicyclic amines) is 1. The summed E-state index contributed by atoms with van der Waals surface area (Å²) >= 11 is 0. The lowest BCUT2D eigenvalue weighted by atomic mass is 9.66. The number of amides is 2. The van der Waals surface area contributed by atoms with E-state index in [1.54, 1.807) is 6.08 Å². The number of para-hydroxylation sites is 1. The molecule has 7 heteroatoms. The van der Waals surface area contributed by atoms with Crippen molar-refractivity contribution in [1.82, 2.24) is 20.5 Å². The van der Waals surface area contributed by atoms with E-state index in [1.165, 1.54) is 5.57 Å². The Kier molecular flexibility index (Phi) is 5.83. The topological polar surface area (TPSA) is 77.2 Å². The van der Waals surface area contributed by atoms with E-state index in [0.29, 0.717) is 25.1 Å². The van der Waals surface area contributed by atoms with Gasteiger partial charge in [0.1, 0.15) is 11.5 Å². The van der Waals surface area contributed by atoms with Crippen LogP contribution in [-0.2, 0) is 4.79 Å². The van der Waals surface area contributed by atoms with Gasteiger partial charge < -0.3 is 20.5 Å². The molecule has 1 aromatic carbocycles. The van der Waals surface area contributed by atoms with Crippen LogP contribution in [0.3, 0.4) is 0 Å². The van der Waals surface area contributed by atoms with Gasteiger partial charge in [0.2, 0.25) is 5.91 Å². The van der Waals surface area contributed by atoms with Crippen molar-refractivity contribution in [3.05, 3.63) is 59.6 Å². The normalized spacial score (nSPS) is 23.8. The van der Waals surface area contributed by atoms with Crippen LogP contribution >= 0.6 is 0 Å². The zero-order valence-corrected chi connectivity index (χ0v) is 19.0. The average molecular weight is 451 g/mol. The van der Waals surface area contributed by atoms with Crippen molar-refractivity contribution in [2.24, 2.45) is 11.3 Å². The number of hydrogen-bond acceptors (Lipinski definition) is 3. The molecule has 2 amide bonds. The van der Waals surface area contributed by atoms with Crippen LogP contribution in [0.15, 0.2) is 53.9 Å². The molecule has 3 heterocycles. The van der Waals surface area contributed by atoms with E-state index in [2.05, 4.69) is 20.5 Å². The lowest BCUT2D eigenvalue weighted by Gasteiger charge is -2.42. The summed E-state index contributed by atoms with van der Waals surface area (Å²) in [5, 5.41) is 7.19. The van der Waals surface area contributed by atoms with Gasteiger partial charge in [0.15, 0.2) is 0 Å². The fraction of sp³-hybridized carbons (Fsp3) is 0.462. The van der Waals surface area contributed by atoms with Crippen LogP contribution in [0.4, 0.5) is 4.39 Å². The molecule has 0 saturated carbocycles. The molecule has 2 aromatic rings. The molecule has 6 nitrogen and oxygen atoms in total. The third kappa shape index (κ3) is 4.22. The number of piperidine rings is 1. The summed E-state index contributed by atoms with van der Waals surface area (Å²) in [5.74, 6) is 0.106. The lowest BCUT2D eigenvalue weighted by molar-refractivity contribution is -0.131. The highest BCUT2D eigenvalue weighted by molar-refractivity contribution is 5.98. The molecule has 1 spiro atoms. The van der Waals surface area contributed by atoms with E-state index >= 15 is 0 Å². The minimum absolute atomic E-state index is 0.0136. The largest absolute Gasteiger partial charge is 0.355 e. The van der Waals surface area contributed by atoms with E-state index in [1.807, 2.05) is 43.3 Å². The van der Waals surface area contributed by atoms with Crippen molar-refractivity contribution in [1.29, 1.82) is 0 Å². The number of rotatable bonds is 5. The van der Waals surface area contributed by atoms with E-state index < -0.39 is 0 Å². The maximum Gasteiger partial charge on any atom is 0.267 e. The third-order valence-electron chi connectivity index (χ3n) is 7.60. The monoisotopic (exact) mass is 450 g/mol. The van der Waals surface area contributed by atoms with Crippen LogP contribution in [0.25, 0.3) is 10.9 Å². The van der Waals surface area contributed by atoms with Crippen LogP contribution in [0.2, 0.25) is 0 Å². The zero-order chi connectivity index (χ0) is 23.0. The molecule has 2 aliphatic heterocycles. The van der Waals surface area contributed by atoms with Gasteiger partial charge in [-0.05, 0) is 57.5 Å². The van der Waals surface area contributed by atoms with Gasteiger partial charge >= 0.3 is 0 Å². The van der Waals surface area contributed by atoms with Crippen LogP contribution < -0.4 is 10.6 Å². The van der Waals surface area contributed by atoms with E-state index in [9.17, 15) is 14.0 Å². The summed E-state index contributed by atoms with van der Waals surface area (Å²) in [6.07, 6.45) is 6.16. The predicted octanol–water partition coefficient (Wildman–Crippen LogP) is 3.69. The van der Waals surface area contributed by atoms with Crippen molar-refractivity contribution in [3.8, 4) is 0 Å². The number of fused-ring (bicyclic) bond motifs is 1. The SMILES string of the molecule is CC(CN1CCC2(CC1)C(=O)NCC2C1=CC=C(F)CC1)NC(=O)c1cc2ccccc2[nH]1. The average Bonchev–Trinajstić information content (AvgIpc) is 3.38. The summed E-state index contributed by atoms with van der Waals surface area (Å²) in [5.41, 5.74) is 2.33. The number of halogens is 1. The molecule has 1 aliphatic carbocycles. The Labute approximate surface area is 193 Å².